The maximum Gasteiger partial charge on any atom is 0.390 e. The fraction of sp³-hybridized carbons (Fsp3) is 0.545. The summed E-state index contributed by atoms with van der Waals surface area (Å²) in [5.41, 5.74) is -0.897. The third-order valence-corrected chi connectivity index (χ3v) is 2.05. The van der Waals surface area contributed by atoms with E-state index in [2.05, 4.69) is 9.84 Å². The molecule has 0 aliphatic carbocycles. The van der Waals surface area contributed by atoms with E-state index in [-0.39, 0.29) is 5.69 Å². The van der Waals surface area contributed by atoms with E-state index >= 15 is 0 Å². The van der Waals surface area contributed by atoms with Gasteiger partial charge in [-0.2, -0.15) is 4.68 Å². The Morgan fingerprint density at radius 3 is 2.50 bits per heavy atom. The lowest BCUT2D eigenvalue weighted by atomic mass is 10.2. The summed E-state index contributed by atoms with van der Waals surface area (Å²) in [5, 5.41) is 14.2. The molecule has 0 fully saturated rings. The molecule has 0 aromatic carbocycles. The summed E-state index contributed by atoms with van der Waals surface area (Å²) in [5.74, 6) is -2.04. The van der Waals surface area contributed by atoms with Crippen LogP contribution in [0.2, 0.25) is 0 Å². The second-order valence-corrected chi connectivity index (χ2v) is 4.88. The molecular weight excluding hydrogens is 270 g/mol. The normalized spacial score (nSPS) is 11.0. The van der Waals surface area contributed by atoms with Gasteiger partial charge in [-0.25, -0.2) is 9.59 Å². The number of ether oxygens (including phenoxy) is 2. The van der Waals surface area contributed by atoms with Gasteiger partial charge in [-0.1, -0.05) is 0 Å². The van der Waals surface area contributed by atoms with Gasteiger partial charge in [0, 0.05) is 0 Å². The molecule has 0 aliphatic heterocycles. The number of carbonyl (C=O) groups excluding carboxylic acids is 2. The van der Waals surface area contributed by atoms with Crippen molar-refractivity contribution in [1.82, 2.24) is 9.78 Å². The molecule has 0 saturated carbocycles. The van der Waals surface area contributed by atoms with Crippen LogP contribution >= 0.6 is 0 Å². The van der Waals surface area contributed by atoms with Gasteiger partial charge in [-0.15, -0.1) is 0 Å². The highest BCUT2D eigenvalue weighted by molar-refractivity contribution is 5.88. The molecular formula is C11H15N3O6. The quantitative estimate of drug-likeness (QED) is 0.459. The average molecular weight is 285 g/mol. The van der Waals surface area contributed by atoms with Gasteiger partial charge in [0.05, 0.1) is 18.3 Å². The van der Waals surface area contributed by atoms with Gasteiger partial charge in [0.15, 0.2) is 12.2 Å². The number of hydrogen-bond acceptors (Lipinski definition) is 7. The first kappa shape index (κ1) is 15.6. The van der Waals surface area contributed by atoms with Crippen molar-refractivity contribution in [3.8, 4) is 0 Å². The number of nitro groups is 1. The van der Waals surface area contributed by atoms with Crippen LogP contribution in [0.5, 0.6) is 0 Å². The molecule has 20 heavy (non-hydrogen) atoms. The van der Waals surface area contributed by atoms with E-state index in [9.17, 15) is 19.7 Å². The van der Waals surface area contributed by atoms with Crippen molar-refractivity contribution in [3.05, 3.63) is 21.9 Å². The Morgan fingerprint density at radius 1 is 1.45 bits per heavy atom. The van der Waals surface area contributed by atoms with Crippen molar-refractivity contribution >= 4 is 17.8 Å². The molecule has 0 spiro atoms. The molecule has 1 aromatic heterocycles. The van der Waals surface area contributed by atoms with Crippen molar-refractivity contribution in [2.45, 2.75) is 32.9 Å². The minimum atomic E-state index is -0.825. The smallest absolute Gasteiger partial charge is 0.390 e. The monoisotopic (exact) mass is 285 g/mol. The first-order valence-corrected chi connectivity index (χ1v) is 5.66. The van der Waals surface area contributed by atoms with Crippen LogP contribution in [0.4, 0.5) is 5.82 Å². The van der Waals surface area contributed by atoms with E-state index < -0.39 is 34.8 Å². The van der Waals surface area contributed by atoms with E-state index in [1.165, 1.54) is 0 Å². The SMILES string of the molecule is COC(=O)c1cc([N+](=O)[O-])nn1CC(=O)OC(C)(C)C. The average Bonchev–Trinajstić information content (AvgIpc) is 2.69. The van der Waals surface area contributed by atoms with Crippen LogP contribution in [0, 0.1) is 10.1 Å². The molecule has 1 aromatic rings. The number of rotatable bonds is 4. The summed E-state index contributed by atoms with van der Waals surface area (Å²) in [6, 6.07) is 0.941. The van der Waals surface area contributed by atoms with Crippen LogP contribution in [-0.4, -0.2) is 39.4 Å². The number of carbonyl (C=O) groups is 2. The zero-order chi connectivity index (χ0) is 15.5. The van der Waals surface area contributed by atoms with E-state index in [1.54, 1.807) is 20.8 Å². The van der Waals surface area contributed by atoms with Crippen molar-refractivity contribution in [3.63, 3.8) is 0 Å². The molecule has 9 heteroatoms. The molecule has 110 valence electrons. The highest BCUT2D eigenvalue weighted by atomic mass is 16.6. The number of nitrogens with zero attached hydrogens (tertiary/aromatic N) is 3. The van der Waals surface area contributed by atoms with Crippen molar-refractivity contribution < 1.29 is 24.0 Å². The standard InChI is InChI=1S/C11H15N3O6/c1-11(2,3)20-9(15)6-13-7(10(16)19-4)5-8(12-13)14(17)18/h5H,6H2,1-4H3. The van der Waals surface area contributed by atoms with Crippen LogP contribution in [0.3, 0.4) is 0 Å². The van der Waals surface area contributed by atoms with Crippen LogP contribution in [-0.2, 0) is 20.8 Å². The zero-order valence-electron chi connectivity index (χ0n) is 11.6. The summed E-state index contributed by atoms with van der Waals surface area (Å²) < 4.78 is 10.4. The van der Waals surface area contributed by atoms with Gasteiger partial charge in [-0.3, -0.25) is 0 Å². The van der Waals surface area contributed by atoms with Gasteiger partial charge in [0.25, 0.3) is 0 Å². The first-order valence-electron chi connectivity index (χ1n) is 5.66. The van der Waals surface area contributed by atoms with E-state index in [0.717, 1.165) is 17.9 Å². The number of esters is 2. The minimum Gasteiger partial charge on any atom is -0.464 e. The Kier molecular flexibility index (Phi) is 4.43. The molecule has 1 rings (SSSR count). The summed E-state index contributed by atoms with van der Waals surface area (Å²) in [6.07, 6.45) is 0. The summed E-state index contributed by atoms with van der Waals surface area (Å²) in [6.45, 7) is 4.61. The minimum absolute atomic E-state index is 0.190. The van der Waals surface area contributed by atoms with E-state index in [4.69, 9.17) is 4.74 Å². The van der Waals surface area contributed by atoms with Crippen molar-refractivity contribution in [1.29, 1.82) is 0 Å². The van der Waals surface area contributed by atoms with Gasteiger partial charge in [0.2, 0.25) is 0 Å². The lowest BCUT2D eigenvalue weighted by Crippen LogP contribution is -2.28. The third kappa shape index (κ3) is 4.04. The zero-order valence-corrected chi connectivity index (χ0v) is 11.6. The number of aromatic nitrogens is 2. The molecule has 0 aliphatic rings. The van der Waals surface area contributed by atoms with E-state index in [0.29, 0.717) is 0 Å². The molecule has 0 saturated heterocycles. The van der Waals surface area contributed by atoms with Gasteiger partial charge in [0.1, 0.15) is 5.60 Å². The number of hydrogen-bond donors (Lipinski definition) is 0. The maximum atomic E-state index is 11.7. The molecule has 0 atom stereocenters. The molecule has 0 N–H and O–H groups in total. The summed E-state index contributed by atoms with van der Waals surface area (Å²) >= 11 is 0. The predicted octanol–water partition coefficient (Wildman–Crippen LogP) is 0.920. The second-order valence-electron chi connectivity index (χ2n) is 4.88. The van der Waals surface area contributed by atoms with Crippen LogP contribution in [0.15, 0.2) is 6.07 Å². The highest BCUT2D eigenvalue weighted by Crippen LogP contribution is 2.14. The fourth-order valence-corrected chi connectivity index (χ4v) is 1.38. The molecule has 9 nitrogen and oxygen atoms in total. The van der Waals surface area contributed by atoms with Crippen LogP contribution < -0.4 is 0 Å². The molecule has 1 heterocycles. The fourth-order valence-electron chi connectivity index (χ4n) is 1.38. The molecule has 0 unspecified atom stereocenters. The lowest BCUT2D eigenvalue weighted by Gasteiger charge is -2.19. The van der Waals surface area contributed by atoms with Crippen molar-refractivity contribution in [2.24, 2.45) is 0 Å². The summed E-state index contributed by atoms with van der Waals surface area (Å²) in [4.78, 5) is 33.0. The second kappa shape index (κ2) is 5.68. The van der Waals surface area contributed by atoms with Gasteiger partial charge in [-0.05, 0) is 25.7 Å². The van der Waals surface area contributed by atoms with Crippen molar-refractivity contribution in [2.75, 3.05) is 7.11 Å². The molecule has 0 radical (unpaired) electrons. The van der Waals surface area contributed by atoms with Gasteiger partial charge < -0.3 is 19.6 Å². The Morgan fingerprint density at radius 2 is 2.05 bits per heavy atom. The number of methoxy groups -OCH3 is 1. The largest absolute Gasteiger partial charge is 0.464 e. The Balaban J connectivity index is 3.01. The Labute approximate surface area is 114 Å². The molecule has 0 amide bonds. The predicted molar refractivity (Wildman–Crippen MR) is 66.1 cm³/mol. The maximum absolute atomic E-state index is 11.7. The Hall–Kier alpha value is -2.45. The van der Waals surface area contributed by atoms with Gasteiger partial charge >= 0.3 is 17.8 Å². The van der Waals surface area contributed by atoms with Crippen LogP contribution in [0.1, 0.15) is 31.3 Å². The van der Waals surface area contributed by atoms with E-state index in [1.807, 2.05) is 0 Å². The topological polar surface area (TPSA) is 114 Å². The first-order chi connectivity index (χ1) is 9.14. The highest BCUT2D eigenvalue weighted by Gasteiger charge is 2.27. The Bertz CT molecular complexity index is 543. The van der Waals surface area contributed by atoms with Crippen LogP contribution in [0.25, 0.3) is 0 Å². The lowest BCUT2D eigenvalue weighted by molar-refractivity contribution is -0.389. The summed E-state index contributed by atoms with van der Waals surface area (Å²) in [7, 11) is 1.12. The third-order valence-electron chi connectivity index (χ3n) is 2.05. The molecule has 0 bridgehead atoms.